The molecule has 1 amide bonds. The molecule has 1 heterocycles. The third-order valence-corrected chi connectivity index (χ3v) is 7.02. The summed E-state index contributed by atoms with van der Waals surface area (Å²) in [5.74, 6) is 0.597. The molecule has 1 aliphatic heterocycles. The van der Waals surface area contributed by atoms with Crippen LogP contribution >= 0.6 is 11.8 Å². The molecule has 2 aromatic carbocycles. The van der Waals surface area contributed by atoms with Crippen molar-refractivity contribution in [3.8, 4) is 0 Å². The first-order chi connectivity index (χ1) is 11.9. The van der Waals surface area contributed by atoms with E-state index >= 15 is 0 Å². The monoisotopic (exact) mass is 376 g/mol. The highest BCUT2D eigenvalue weighted by Crippen LogP contribution is 2.34. The second-order valence-electron chi connectivity index (χ2n) is 5.76. The molecule has 0 bridgehead atoms. The van der Waals surface area contributed by atoms with E-state index in [1.807, 2.05) is 25.1 Å². The first kappa shape index (κ1) is 17.8. The first-order valence-corrected chi connectivity index (χ1v) is 10.5. The molecule has 0 aliphatic carbocycles. The molecule has 0 saturated carbocycles. The number of thioether (sulfide) groups is 1. The topological polar surface area (TPSA) is 66.5 Å². The molecule has 132 valence electrons. The maximum Gasteiger partial charge on any atom is 0.264 e. The lowest BCUT2D eigenvalue weighted by atomic mass is 10.1. The van der Waals surface area contributed by atoms with Gasteiger partial charge in [0.25, 0.3) is 10.0 Å². The Bertz CT molecular complexity index is 910. The molecule has 7 heteroatoms. The zero-order chi connectivity index (χ0) is 18.0. The van der Waals surface area contributed by atoms with E-state index in [0.717, 1.165) is 16.9 Å². The van der Waals surface area contributed by atoms with Crippen molar-refractivity contribution in [2.45, 2.75) is 29.6 Å². The van der Waals surface area contributed by atoms with Crippen molar-refractivity contribution >= 4 is 39.1 Å². The molecule has 25 heavy (non-hydrogen) atoms. The number of nitrogens with zero attached hydrogens (tertiary/aromatic N) is 1. The third kappa shape index (κ3) is 3.52. The average Bonchev–Trinajstić information content (AvgIpc) is 2.80. The summed E-state index contributed by atoms with van der Waals surface area (Å²) in [4.78, 5) is 12.8. The van der Waals surface area contributed by atoms with Crippen LogP contribution in [0.15, 0.2) is 52.3 Å². The summed E-state index contributed by atoms with van der Waals surface area (Å²) in [5, 5.41) is 2.79. The van der Waals surface area contributed by atoms with E-state index in [9.17, 15) is 13.2 Å². The molecule has 0 spiro atoms. The molecule has 0 saturated heterocycles. The Morgan fingerprint density at radius 3 is 2.72 bits per heavy atom. The number of nitrogens with one attached hydrogen (secondary N) is 1. The van der Waals surface area contributed by atoms with Gasteiger partial charge in [0, 0.05) is 24.1 Å². The Hall–Kier alpha value is -1.99. The minimum Gasteiger partial charge on any atom is -0.325 e. The summed E-state index contributed by atoms with van der Waals surface area (Å²) in [6.07, 6.45) is 1.16. The highest BCUT2D eigenvalue weighted by Gasteiger charge is 2.25. The highest BCUT2D eigenvalue weighted by molar-refractivity contribution is 7.99. The van der Waals surface area contributed by atoms with Gasteiger partial charge in [0.2, 0.25) is 5.91 Å². The number of rotatable bonds is 4. The Morgan fingerprint density at radius 2 is 1.96 bits per heavy atom. The fraction of sp³-hybridized carbons (Fsp3) is 0.278. The van der Waals surface area contributed by atoms with Gasteiger partial charge in [0.1, 0.15) is 0 Å². The Labute approximate surface area is 152 Å². The van der Waals surface area contributed by atoms with Crippen LogP contribution in [0.25, 0.3) is 0 Å². The van der Waals surface area contributed by atoms with Gasteiger partial charge in [0.05, 0.1) is 16.3 Å². The van der Waals surface area contributed by atoms with Gasteiger partial charge in [-0.15, -0.1) is 11.8 Å². The van der Waals surface area contributed by atoms with Crippen LogP contribution in [0, 0.1) is 0 Å². The lowest BCUT2D eigenvalue weighted by molar-refractivity contribution is -0.115. The normalized spacial score (nSPS) is 14.4. The van der Waals surface area contributed by atoms with E-state index in [1.54, 1.807) is 43.1 Å². The quantitative estimate of drug-likeness (QED) is 0.887. The molecule has 2 aromatic rings. The summed E-state index contributed by atoms with van der Waals surface area (Å²) in [7, 11) is -2.16. The van der Waals surface area contributed by atoms with Crippen LogP contribution in [-0.4, -0.2) is 27.1 Å². The molecular formula is C18H20N2O3S2. The Kier molecular flexibility index (Phi) is 5.06. The van der Waals surface area contributed by atoms with Gasteiger partial charge < -0.3 is 5.32 Å². The number of carbonyl (C=O) groups excluding carboxylic acids is 1. The summed E-state index contributed by atoms with van der Waals surface area (Å²) in [6, 6.07) is 12.4. The van der Waals surface area contributed by atoms with E-state index in [2.05, 4.69) is 5.32 Å². The van der Waals surface area contributed by atoms with Crippen molar-refractivity contribution in [3.63, 3.8) is 0 Å². The van der Waals surface area contributed by atoms with Crippen LogP contribution in [0.5, 0.6) is 0 Å². The van der Waals surface area contributed by atoms with Crippen molar-refractivity contribution < 1.29 is 13.2 Å². The molecule has 0 atom stereocenters. The number of amides is 1. The van der Waals surface area contributed by atoms with E-state index in [4.69, 9.17) is 0 Å². The second-order valence-corrected chi connectivity index (χ2v) is 8.87. The molecule has 0 radical (unpaired) electrons. The van der Waals surface area contributed by atoms with Gasteiger partial charge in [-0.1, -0.05) is 25.1 Å². The van der Waals surface area contributed by atoms with E-state index in [1.165, 1.54) is 4.31 Å². The largest absolute Gasteiger partial charge is 0.325 e. The van der Waals surface area contributed by atoms with Gasteiger partial charge in [0.15, 0.2) is 0 Å². The molecule has 0 unspecified atom stereocenters. The van der Waals surface area contributed by atoms with Crippen LogP contribution in [0.3, 0.4) is 0 Å². The van der Waals surface area contributed by atoms with Crippen LogP contribution < -0.4 is 9.62 Å². The Morgan fingerprint density at radius 1 is 1.20 bits per heavy atom. The molecule has 1 aliphatic rings. The van der Waals surface area contributed by atoms with E-state index in [0.29, 0.717) is 23.5 Å². The zero-order valence-corrected chi connectivity index (χ0v) is 15.8. The number of sulfonamides is 1. The number of aryl methyl sites for hydroxylation is 1. The number of para-hydroxylation sites is 1. The Balaban J connectivity index is 2.01. The van der Waals surface area contributed by atoms with Gasteiger partial charge in [-0.3, -0.25) is 9.10 Å². The van der Waals surface area contributed by atoms with Crippen molar-refractivity contribution in [1.82, 2.24) is 0 Å². The molecular weight excluding hydrogens is 356 g/mol. The number of carbonyl (C=O) groups is 1. The van der Waals surface area contributed by atoms with Crippen molar-refractivity contribution in [3.05, 3.63) is 48.0 Å². The lowest BCUT2D eigenvalue weighted by Gasteiger charge is -2.22. The van der Waals surface area contributed by atoms with Gasteiger partial charge >= 0.3 is 0 Å². The molecule has 1 N–H and O–H groups in total. The van der Waals surface area contributed by atoms with Crippen molar-refractivity contribution in [1.29, 1.82) is 0 Å². The predicted molar refractivity (Wildman–Crippen MR) is 102 cm³/mol. The molecule has 0 fully saturated rings. The highest BCUT2D eigenvalue weighted by atomic mass is 32.2. The number of hydrogen-bond donors (Lipinski definition) is 1. The summed E-state index contributed by atoms with van der Waals surface area (Å²) in [5.41, 5.74) is 2.19. The minimum atomic E-state index is -3.71. The third-order valence-electron chi connectivity index (χ3n) is 4.18. The van der Waals surface area contributed by atoms with Crippen LogP contribution in [0.2, 0.25) is 0 Å². The number of benzene rings is 2. The number of anilines is 2. The van der Waals surface area contributed by atoms with Gasteiger partial charge in [-0.05, 0) is 36.2 Å². The number of hydrogen-bond acceptors (Lipinski definition) is 4. The lowest BCUT2D eigenvalue weighted by Crippen LogP contribution is -2.27. The fourth-order valence-electron chi connectivity index (χ4n) is 2.76. The molecule has 5 nitrogen and oxygen atoms in total. The van der Waals surface area contributed by atoms with Gasteiger partial charge in [-0.2, -0.15) is 0 Å². The maximum absolute atomic E-state index is 13.1. The van der Waals surface area contributed by atoms with Crippen molar-refractivity contribution in [2.75, 3.05) is 22.4 Å². The fourth-order valence-corrected chi connectivity index (χ4v) is 4.96. The van der Waals surface area contributed by atoms with Crippen LogP contribution in [-0.2, 0) is 21.2 Å². The summed E-state index contributed by atoms with van der Waals surface area (Å²) >= 11 is 1.55. The van der Waals surface area contributed by atoms with Crippen molar-refractivity contribution in [2.24, 2.45) is 0 Å². The van der Waals surface area contributed by atoms with Gasteiger partial charge in [-0.25, -0.2) is 8.42 Å². The van der Waals surface area contributed by atoms with E-state index in [-0.39, 0.29) is 10.8 Å². The van der Waals surface area contributed by atoms with Crippen LogP contribution in [0.1, 0.15) is 18.9 Å². The summed E-state index contributed by atoms with van der Waals surface area (Å²) in [6.45, 7) is 1.99. The minimum absolute atomic E-state index is 0.0921. The maximum atomic E-state index is 13.1. The SMILES string of the molecule is CCc1ccccc1N(C)S(=O)(=O)c1ccc2c(c1)NC(=O)CCS2. The average molecular weight is 377 g/mol. The molecule has 3 rings (SSSR count). The standard InChI is InChI=1S/C18H20N2O3S2/c1-3-13-6-4-5-7-16(13)20(2)25(22,23)14-8-9-17-15(12-14)19-18(21)10-11-24-17/h4-9,12H,3,10-11H2,1-2H3,(H,19,21). The second kappa shape index (κ2) is 7.09. The molecule has 0 aromatic heterocycles. The first-order valence-electron chi connectivity index (χ1n) is 8.07. The smallest absolute Gasteiger partial charge is 0.264 e. The summed E-state index contributed by atoms with van der Waals surface area (Å²) < 4.78 is 27.4. The zero-order valence-electron chi connectivity index (χ0n) is 14.2. The number of fused-ring (bicyclic) bond motifs is 1. The van der Waals surface area contributed by atoms with E-state index < -0.39 is 10.0 Å². The van der Waals surface area contributed by atoms with Crippen LogP contribution in [0.4, 0.5) is 11.4 Å². The predicted octanol–water partition coefficient (Wildman–Crippen LogP) is 3.51.